The van der Waals surface area contributed by atoms with E-state index < -0.39 is 10.0 Å². The average Bonchev–Trinajstić information content (AvgIpc) is 3.13. The van der Waals surface area contributed by atoms with E-state index in [-0.39, 0.29) is 11.6 Å². The van der Waals surface area contributed by atoms with E-state index in [4.69, 9.17) is 4.98 Å². The molecule has 148 valence electrons. The van der Waals surface area contributed by atoms with Gasteiger partial charge in [0.15, 0.2) is 5.13 Å². The van der Waals surface area contributed by atoms with Gasteiger partial charge < -0.3 is 4.90 Å². The monoisotopic (exact) mass is 419 g/mol. The van der Waals surface area contributed by atoms with Gasteiger partial charge in [-0.1, -0.05) is 35.6 Å². The molecule has 1 saturated heterocycles. The Balaban J connectivity index is 1.28. The van der Waals surface area contributed by atoms with Gasteiger partial charge in [-0.05, 0) is 48.6 Å². The average molecular weight is 420 g/mol. The van der Waals surface area contributed by atoms with Gasteiger partial charge in [0.05, 0.1) is 16.0 Å². The second-order valence-corrected chi connectivity index (χ2v) is 9.94. The lowest BCUT2D eigenvalue weighted by atomic mass is 9.97. The summed E-state index contributed by atoms with van der Waals surface area (Å²) in [7, 11) is -3.43. The van der Waals surface area contributed by atoms with Crippen molar-refractivity contribution in [1.82, 2.24) is 9.71 Å². The minimum absolute atomic E-state index is 0.127. The van der Waals surface area contributed by atoms with Crippen molar-refractivity contribution in [1.29, 1.82) is 0 Å². The van der Waals surface area contributed by atoms with Crippen LogP contribution in [-0.2, 0) is 15.8 Å². The summed E-state index contributed by atoms with van der Waals surface area (Å²) in [5.41, 5.74) is 1.61. The molecular formula is C20H22FN3O2S2. The summed E-state index contributed by atoms with van der Waals surface area (Å²) in [6.07, 6.45) is 1.85. The molecule has 1 aromatic heterocycles. The smallest absolute Gasteiger partial charge is 0.215 e. The van der Waals surface area contributed by atoms with Crippen molar-refractivity contribution in [3.63, 3.8) is 0 Å². The Kier molecular flexibility index (Phi) is 5.61. The van der Waals surface area contributed by atoms with Gasteiger partial charge in [-0.25, -0.2) is 22.5 Å². The van der Waals surface area contributed by atoms with Crippen molar-refractivity contribution in [3.8, 4) is 0 Å². The molecular weight excluding hydrogens is 397 g/mol. The van der Waals surface area contributed by atoms with Crippen LogP contribution in [0.3, 0.4) is 0 Å². The maximum atomic E-state index is 13.0. The topological polar surface area (TPSA) is 62.3 Å². The highest BCUT2D eigenvalue weighted by molar-refractivity contribution is 7.88. The number of thiazole rings is 1. The Hall–Kier alpha value is -2.03. The fourth-order valence-corrected chi connectivity index (χ4v) is 5.66. The second-order valence-electron chi connectivity index (χ2n) is 7.13. The largest absolute Gasteiger partial charge is 0.348 e. The highest BCUT2D eigenvalue weighted by atomic mass is 32.2. The van der Waals surface area contributed by atoms with E-state index in [0.717, 1.165) is 36.6 Å². The zero-order chi connectivity index (χ0) is 19.6. The molecule has 8 heteroatoms. The normalized spacial score (nSPS) is 16.0. The van der Waals surface area contributed by atoms with Gasteiger partial charge in [-0.2, -0.15) is 0 Å². The van der Waals surface area contributed by atoms with Crippen molar-refractivity contribution < 1.29 is 12.8 Å². The Bertz CT molecular complexity index is 1010. The molecule has 0 bridgehead atoms. The molecule has 0 aliphatic carbocycles. The van der Waals surface area contributed by atoms with Gasteiger partial charge in [-0.15, -0.1) is 0 Å². The SMILES string of the molecule is O=S(=O)(Cc1ccc(F)cc1)NCC1CCN(c2nc3ccccc3s2)CC1. The van der Waals surface area contributed by atoms with Crippen LogP contribution >= 0.6 is 11.3 Å². The van der Waals surface area contributed by atoms with Crippen molar-refractivity contribution in [2.24, 2.45) is 5.92 Å². The van der Waals surface area contributed by atoms with Crippen LogP contribution in [0.15, 0.2) is 48.5 Å². The van der Waals surface area contributed by atoms with Crippen molar-refractivity contribution >= 4 is 36.7 Å². The summed E-state index contributed by atoms with van der Waals surface area (Å²) >= 11 is 1.70. The maximum Gasteiger partial charge on any atom is 0.215 e. The number of nitrogens with one attached hydrogen (secondary N) is 1. The zero-order valence-corrected chi connectivity index (χ0v) is 17.0. The molecule has 1 aliphatic rings. The van der Waals surface area contributed by atoms with Crippen LogP contribution in [0, 0.1) is 11.7 Å². The Morgan fingerprint density at radius 1 is 1.11 bits per heavy atom. The third-order valence-electron chi connectivity index (χ3n) is 5.03. The number of sulfonamides is 1. The lowest BCUT2D eigenvalue weighted by molar-refractivity contribution is 0.402. The van der Waals surface area contributed by atoms with Crippen LogP contribution in [0.4, 0.5) is 9.52 Å². The number of nitrogens with zero attached hydrogens (tertiary/aromatic N) is 2. The molecule has 0 radical (unpaired) electrons. The van der Waals surface area contributed by atoms with Crippen LogP contribution in [0.25, 0.3) is 10.2 Å². The van der Waals surface area contributed by atoms with Crippen LogP contribution in [-0.4, -0.2) is 33.0 Å². The Morgan fingerprint density at radius 3 is 2.54 bits per heavy atom. The maximum absolute atomic E-state index is 13.0. The molecule has 1 aliphatic heterocycles. The lowest BCUT2D eigenvalue weighted by Crippen LogP contribution is -2.38. The Morgan fingerprint density at radius 2 is 1.82 bits per heavy atom. The van der Waals surface area contributed by atoms with Gasteiger partial charge in [0.2, 0.25) is 10.0 Å². The minimum Gasteiger partial charge on any atom is -0.348 e. The van der Waals surface area contributed by atoms with Crippen LogP contribution in [0.1, 0.15) is 18.4 Å². The molecule has 0 amide bonds. The number of anilines is 1. The fourth-order valence-electron chi connectivity index (χ4n) is 3.42. The summed E-state index contributed by atoms with van der Waals surface area (Å²) in [6, 6.07) is 13.7. The predicted molar refractivity (Wildman–Crippen MR) is 112 cm³/mol. The van der Waals surface area contributed by atoms with Crippen molar-refractivity contribution in [2.45, 2.75) is 18.6 Å². The number of para-hydroxylation sites is 1. The van der Waals surface area contributed by atoms with E-state index in [2.05, 4.69) is 15.7 Å². The quantitative estimate of drug-likeness (QED) is 0.661. The number of aromatic nitrogens is 1. The van der Waals surface area contributed by atoms with E-state index in [1.54, 1.807) is 11.3 Å². The standard InChI is InChI=1S/C20H22FN3O2S2/c21-17-7-5-16(6-8-17)14-28(25,26)22-13-15-9-11-24(12-10-15)20-23-18-3-1-2-4-19(18)27-20/h1-8,15,22H,9-14H2. The first kappa shape index (κ1) is 19.3. The summed E-state index contributed by atoms with van der Waals surface area (Å²) in [6.45, 7) is 2.20. The number of benzene rings is 2. The molecule has 0 unspecified atom stereocenters. The third-order valence-corrected chi connectivity index (χ3v) is 7.45. The van der Waals surface area contributed by atoms with E-state index in [9.17, 15) is 12.8 Å². The van der Waals surface area contributed by atoms with Gasteiger partial charge in [-0.3, -0.25) is 0 Å². The molecule has 2 aromatic carbocycles. The van der Waals surface area contributed by atoms with Gasteiger partial charge in [0, 0.05) is 19.6 Å². The van der Waals surface area contributed by atoms with Gasteiger partial charge >= 0.3 is 0 Å². The molecule has 4 rings (SSSR count). The summed E-state index contributed by atoms with van der Waals surface area (Å²) < 4.78 is 41.4. The zero-order valence-electron chi connectivity index (χ0n) is 15.3. The van der Waals surface area contributed by atoms with Crippen LogP contribution in [0.5, 0.6) is 0 Å². The first-order valence-corrected chi connectivity index (χ1v) is 11.8. The highest BCUT2D eigenvalue weighted by Crippen LogP contribution is 2.31. The van der Waals surface area contributed by atoms with E-state index >= 15 is 0 Å². The molecule has 0 spiro atoms. The molecule has 0 atom stereocenters. The number of piperidine rings is 1. The first-order valence-electron chi connectivity index (χ1n) is 9.31. The van der Waals surface area contributed by atoms with Crippen molar-refractivity contribution in [2.75, 3.05) is 24.5 Å². The predicted octanol–water partition coefficient (Wildman–Crippen LogP) is 3.77. The molecule has 1 N–H and O–H groups in total. The highest BCUT2D eigenvalue weighted by Gasteiger charge is 2.23. The Labute approximate surface area is 168 Å². The van der Waals surface area contributed by atoms with E-state index in [1.165, 1.54) is 29.0 Å². The van der Waals surface area contributed by atoms with Crippen LogP contribution in [0.2, 0.25) is 0 Å². The number of hydrogen-bond donors (Lipinski definition) is 1. The van der Waals surface area contributed by atoms with E-state index in [0.29, 0.717) is 18.0 Å². The first-order chi connectivity index (χ1) is 13.5. The van der Waals surface area contributed by atoms with Gasteiger partial charge in [0.1, 0.15) is 5.82 Å². The van der Waals surface area contributed by atoms with Crippen molar-refractivity contribution in [3.05, 3.63) is 59.9 Å². The van der Waals surface area contributed by atoms with Crippen LogP contribution < -0.4 is 9.62 Å². The third kappa shape index (κ3) is 4.68. The number of rotatable bonds is 6. The minimum atomic E-state index is -3.43. The summed E-state index contributed by atoms with van der Waals surface area (Å²) in [4.78, 5) is 6.99. The molecule has 2 heterocycles. The molecule has 0 saturated carbocycles. The molecule has 28 heavy (non-hydrogen) atoms. The fraction of sp³-hybridized carbons (Fsp3) is 0.350. The number of fused-ring (bicyclic) bond motifs is 1. The van der Waals surface area contributed by atoms with E-state index in [1.807, 2.05) is 18.2 Å². The lowest BCUT2D eigenvalue weighted by Gasteiger charge is -2.31. The summed E-state index contributed by atoms with van der Waals surface area (Å²) in [5.74, 6) is -0.180. The summed E-state index contributed by atoms with van der Waals surface area (Å²) in [5, 5.41) is 1.04. The van der Waals surface area contributed by atoms with Gasteiger partial charge in [0.25, 0.3) is 0 Å². The number of hydrogen-bond acceptors (Lipinski definition) is 5. The molecule has 3 aromatic rings. The second kappa shape index (κ2) is 8.14. The number of halogens is 1. The molecule has 5 nitrogen and oxygen atoms in total. The molecule has 1 fully saturated rings.